The van der Waals surface area contributed by atoms with Crippen molar-refractivity contribution in [1.29, 1.82) is 0 Å². The van der Waals surface area contributed by atoms with E-state index >= 15 is 0 Å². The van der Waals surface area contributed by atoms with E-state index in [1.165, 1.54) is 21.8 Å². The number of aliphatic hydroxyl groups is 4. The molecule has 5 unspecified atom stereocenters. The number of nitrogens with zero attached hydrogens (tertiary/aromatic N) is 8. The van der Waals surface area contributed by atoms with Crippen molar-refractivity contribution < 1.29 is 194 Å². The van der Waals surface area contributed by atoms with Gasteiger partial charge in [0, 0.05) is 45.2 Å². The Morgan fingerprint density at radius 3 is 1.57 bits per heavy atom. The Morgan fingerprint density at radius 1 is 0.767 bits per heavy atom. The summed E-state index contributed by atoms with van der Waals surface area (Å²) in [6.07, 6.45) is -10.3. The average Bonchev–Trinajstić information content (AvgIpc) is 3.83. The van der Waals surface area contributed by atoms with Crippen molar-refractivity contribution in [3.05, 3.63) is 20.3 Å². The monoisotopic (exact) mass is 1240 g/mol. The first-order valence-corrected chi connectivity index (χ1v) is 25.8. The Hall–Kier alpha value is 3.62. The van der Waals surface area contributed by atoms with Gasteiger partial charge in [-0.25, -0.2) is 29.9 Å². The first-order chi connectivity index (χ1) is 25.9. The molecule has 26 nitrogen and oxygen atoms in total. The maximum absolute atomic E-state index is 12.9. The van der Waals surface area contributed by atoms with Crippen LogP contribution in [0.2, 0.25) is 0 Å². The van der Waals surface area contributed by atoms with Gasteiger partial charge in [-0.15, -0.1) is 11.6 Å². The van der Waals surface area contributed by atoms with Crippen LogP contribution in [0, 0.1) is 7.66 Å². The van der Waals surface area contributed by atoms with Crippen LogP contribution in [-0.2, 0) is 64.9 Å². The smallest absolute Gasteiger partial charge is 0.779 e. The minimum Gasteiger partial charge on any atom is -0.779 e. The zero-order valence-electron chi connectivity index (χ0n) is 30.9. The molecule has 6 heterocycles. The average molecular weight is 1240 g/mol. The second kappa shape index (κ2) is 23.5. The number of imidazole rings is 2. The van der Waals surface area contributed by atoms with E-state index in [2.05, 4.69) is 62.6 Å². The normalized spacial score (nSPS) is 28.5. The standard InChI is InChI=1S/C21H27ClI2N10O16P4S2.4Na/c22-19(51(39,40)49-53(43,55)45-1-5-9(35)11(37)17(47-5)33-3-27-7-13(25)29-20(23)31-15(7)33)52(41,42)50-54(44,56)46-2-6-10(36)12(38)18(48-6)34-4-28-8-14(26)30-21(24)32-16(8)34;;;;/h3-6,9-12,17-19,35-38H,1-2H2,(H,39,40)(H,41,42)(H,43,55)(H,44,56)(H2,25,29,31)(H2,26,30,32);;;;/q;4*+1/p-4/t5-,6-,9-,10-,11-,12-,17-,18-,19?,53?,54?;;;;/m1..../s1. The third-order valence-corrected chi connectivity index (χ3v) is 19.1. The zero-order chi connectivity index (χ0) is 41.3. The quantitative estimate of drug-likeness (QED) is 0.0170. The van der Waals surface area contributed by atoms with E-state index < -0.39 is 95.9 Å². The van der Waals surface area contributed by atoms with Crippen LogP contribution in [0.5, 0.6) is 0 Å². The molecule has 8 N–H and O–H groups in total. The van der Waals surface area contributed by atoms with Crippen molar-refractivity contribution in [2.24, 2.45) is 0 Å². The van der Waals surface area contributed by atoms with Crippen LogP contribution in [0.4, 0.5) is 11.6 Å². The van der Waals surface area contributed by atoms with E-state index in [1.54, 1.807) is 45.2 Å². The first kappa shape index (κ1) is 59.7. The van der Waals surface area contributed by atoms with E-state index in [1.807, 2.05) is 0 Å². The summed E-state index contributed by atoms with van der Waals surface area (Å²) >= 11 is 18.3. The summed E-state index contributed by atoms with van der Waals surface area (Å²) in [5.74, 6) is 0.0234. The van der Waals surface area contributed by atoms with Crippen LogP contribution in [0.15, 0.2) is 12.7 Å². The number of fused-ring (bicyclic) bond motifs is 2. The van der Waals surface area contributed by atoms with Crippen molar-refractivity contribution in [3.63, 3.8) is 0 Å². The van der Waals surface area contributed by atoms with Gasteiger partial charge in [-0.3, -0.25) is 22.3 Å². The summed E-state index contributed by atoms with van der Waals surface area (Å²) in [6.45, 7) is -12.4. The number of alkyl halides is 1. The van der Waals surface area contributed by atoms with Gasteiger partial charge >= 0.3 is 118 Å². The number of aliphatic hydroxyl groups excluding tert-OH is 4. The summed E-state index contributed by atoms with van der Waals surface area (Å²) in [6, 6.07) is 0. The van der Waals surface area contributed by atoms with Crippen molar-refractivity contribution in [2.75, 3.05) is 24.7 Å². The number of aromatic nitrogens is 8. The number of hydrogen-bond acceptors (Lipinski definition) is 26. The molecule has 0 radical (unpaired) electrons. The van der Waals surface area contributed by atoms with Gasteiger partial charge in [0.2, 0.25) is 6.80 Å². The van der Waals surface area contributed by atoms with Crippen LogP contribution < -0.4 is 144 Å². The van der Waals surface area contributed by atoms with E-state index in [0.717, 1.165) is 0 Å². The van der Waals surface area contributed by atoms with Crippen LogP contribution in [0.1, 0.15) is 12.5 Å². The fourth-order valence-electron chi connectivity index (χ4n) is 5.29. The summed E-state index contributed by atoms with van der Waals surface area (Å²) < 4.78 is 70.8. The van der Waals surface area contributed by atoms with Gasteiger partial charge in [-0.1, -0.05) is 11.8 Å². The molecule has 0 bridgehead atoms. The molecule has 0 aromatic carbocycles. The Labute approximate surface area is 468 Å². The number of halogens is 3. The molecule has 0 saturated carbocycles. The van der Waals surface area contributed by atoms with Gasteiger partial charge in [-0.2, -0.15) is 0 Å². The maximum Gasteiger partial charge on any atom is 1.00 e. The summed E-state index contributed by atoms with van der Waals surface area (Å²) in [7, 11) is -12.3. The molecular formula is C21H23ClI2N10Na4O16P4S2. The van der Waals surface area contributed by atoms with Crippen LogP contribution in [-0.4, -0.2) is 114 Å². The number of ether oxygens (including phenoxy) is 2. The predicted octanol–water partition coefficient (Wildman–Crippen LogP) is -13.8. The minimum atomic E-state index is -6.13. The van der Waals surface area contributed by atoms with Crippen LogP contribution in [0.3, 0.4) is 0 Å². The molecule has 6 rings (SSSR count). The van der Waals surface area contributed by atoms with Crippen LogP contribution in [0.25, 0.3) is 22.3 Å². The number of nitrogens with two attached hydrogens (primary N) is 2. The predicted molar refractivity (Wildman–Crippen MR) is 205 cm³/mol. The number of hydrogen-bond donors (Lipinski definition) is 6. The van der Waals surface area contributed by atoms with Gasteiger partial charge in [-0.05, 0) is 0 Å². The molecule has 4 aromatic heterocycles. The Bertz CT molecular complexity index is 2220. The third-order valence-electron chi connectivity index (χ3n) is 7.81. The molecule has 310 valence electrons. The molecule has 0 aliphatic carbocycles. The molecule has 2 saturated heterocycles. The summed E-state index contributed by atoms with van der Waals surface area (Å²) in [5.41, 5.74) is 12.2. The van der Waals surface area contributed by atoms with Crippen molar-refractivity contribution in [2.45, 2.75) is 53.9 Å². The molecule has 0 spiro atoms. The van der Waals surface area contributed by atoms with Crippen LogP contribution >= 0.6 is 85.5 Å². The van der Waals surface area contributed by atoms with E-state index in [0.29, 0.717) is 0 Å². The minimum absolute atomic E-state index is 0. The van der Waals surface area contributed by atoms with Crippen molar-refractivity contribution in [3.8, 4) is 0 Å². The number of rotatable bonds is 14. The van der Waals surface area contributed by atoms with E-state index in [9.17, 15) is 48.8 Å². The van der Waals surface area contributed by atoms with Gasteiger partial charge in [0.25, 0.3) is 0 Å². The number of anilines is 2. The molecule has 60 heavy (non-hydrogen) atoms. The molecule has 2 aliphatic heterocycles. The summed E-state index contributed by atoms with van der Waals surface area (Å²) in [4.78, 5) is 59.5. The first-order valence-electron chi connectivity index (χ1n) is 14.8. The van der Waals surface area contributed by atoms with Gasteiger partial charge in [0.1, 0.15) is 54.4 Å². The Kier molecular flexibility index (Phi) is 23.4. The molecule has 39 heteroatoms. The molecule has 0 amide bonds. The molecule has 13 atom stereocenters. The fourth-order valence-corrected chi connectivity index (χ4v) is 15.0. The maximum atomic E-state index is 12.9. The molecule has 2 aliphatic rings. The molecular weight excluding hydrogens is 1220 g/mol. The summed E-state index contributed by atoms with van der Waals surface area (Å²) in [5, 5.41) is 42.4. The van der Waals surface area contributed by atoms with Gasteiger partial charge < -0.3 is 86.5 Å². The van der Waals surface area contributed by atoms with Gasteiger partial charge in [0.15, 0.2) is 63.1 Å². The van der Waals surface area contributed by atoms with E-state index in [-0.39, 0.29) is 160 Å². The second-order valence-corrected chi connectivity index (χ2v) is 24.4. The SMILES string of the molecule is Nc1nc(I)nc2c1ncn2[C@@H]1O[C@H](COP(=O)([S-])OP(=O)([O-])C(Cl)P(=O)([O-])OP([O-])(=S)OC[C@H]2O[C@@H](n3cnc4c(N)nc(I)nc43)[C@H](O)[C@@H]2O)[C@@H](O)[C@H]1O.[Na+].[Na+].[Na+].[Na+]. The van der Waals surface area contributed by atoms with E-state index in [4.69, 9.17) is 41.6 Å². The van der Waals surface area contributed by atoms with Crippen molar-refractivity contribution >= 4 is 144 Å². The number of nitrogen functional groups attached to an aromatic ring is 2. The molecule has 2 fully saturated rings. The topological polar surface area (TPSA) is 396 Å². The fraction of sp³-hybridized carbons (Fsp3) is 0.524. The third kappa shape index (κ3) is 13.5. The Balaban J connectivity index is 0.00000310. The largest absolute Gasteiger partial charge is 1.00 e. The van der Waals surface area contributed by atoms with Crippen molar-refractivity contribution in [1.82, 2.24) is 39.0 Å². The second-order valence-electron chi connectivity index (χ2n) is 11.5. The molecule has 4 aromatic rings. The zero-order valence-corrected chi connectivity index (χ0v) is 49.2. The van der Waals surface area contributed by atoms with Gasteiger partial charge in [0.05, 0.1) is 25.9 Å². The Morgan fingerprint density at radius 2 is 1.15 bits per heavy atom.